The lowest BCUT2D eigenvalue weighted by atomic mass is 10.1. The summed E-state index contributed by atoms with van der Waals surface area (Å²) in [6.07, 6.45) is 0.381. The second-order valence-electron chi connectivity index (χ2n) is 4.68. The Hall–Kier alpha value is -2.29. The molecule has 0 aliphatic rings. The number of nitrogens with two attached hydrogens (primary N) is 1. The molecule has 0 aliphatic heterocycles. The van der Waals surface area contributed by atoms with Crippen molar-refractivity contribution in [2.45, 2.75) is 13.3 Å². The van der Waals surface area contributed by atoms with Crippen LogP contribution < -0.4 is 10.6 Å². The number of hydrogen-bond donors (Lipinski definition) is 1. The summed E-state index contributed by atoms with van der Waals surface area (Å²) < 4.78 is 0. The quantitative estimate of drug-likeness (QED) is 0.856. The molecule has 2 rings (SSSR count). The number of aryl methyl sites for hydroxylation is 1. The smallest absolute Gasteiger partial charge is 0.231 e. The maximum Gasteiger partial charge on any atom is 0.231 e. The van der Waals surface area contributed by atoms with E-state index in [1.807, 2.05) is 49.4 Å². The number of rotatable bonds is 3. The SMILES string of the molecule is Cc1cccc(CC(=O)N(C)c2ccccc2N)c1. The Morgan fingerprint density at radius 2 is 1.89 bits per heavy atom. The van der Waals surface area contributed by atoms with Crippen LogP contribution in [-0.2, 0) is 11.2 Å². The van der Waals surface area contributed by atoms with Gasteiger partial charge in [-0.15, -0.1) is 0 Å². The Balaban J connectivity index is 2.14. The number of likely N-dealkylation sites (N-methyl/N-ethyl adjacent to an activating group) is 1. The van der Waals surface area contributed by atoms with E-state index < -0.39 is 0 Å². The molecule has 0 bridgehead atoms. The molecule has 3 heteroatoms. The van der Waals surface area contributed by atoms with E-state index in [4.69, 9.17) is 5.73 Å². The monoisotopic (exact) mass is 254 g/mol. The molecule has 2 aromatic rings. The highest BCUT2D eigenvalue weighted by Gasteiger charge is 2.13. The van der Waals surface area contributed by atoms with Crippen LogP contribution in [-0.4, -0.2) is 13.0 Å². The van der Waals surface area contributed by atoms with Crippen molar-refractivity contribution in [3.63, 3.8) is 0 Å². The van der Waals surface area contributed by atoms with Gasteiger partial charge in [0.1, 0.15) is 0 Å². The molecule has 0 saturated carbocycles. The first-order valence-electron chi connectivity index (χ1n) is 6.24. The molecule has 0 radical (unpaired) electrons. The van der Waals surface area contributed by atoms with Crippen LogP contribution in [0.4, 0.5) is 11.4 Å². The molecule has 1 amide bonds. The summed E-state index contributed by atoms with van der Waals surface area (Å²) >= 11 is 0. The molecule has 0 atom stereocenters. The number of para-hydroxylation sites is 2. The number of anilines is 2. The van der Waals surface area contributed by atoms with Crippen molar-refractivity contribution >= 4 is 17.3 Å². The number of amides is 1. The van der Waals surface area contributed by atoms with Crippen molar-refractivity contribution < 1.29 is 4.79 Å². The lowest BCUT2D eigenvalue weighted by Gasteiger charge is -2.19. The van der Waals surface area contributed by atoms with Gasteiger partial charge in [0, 0.05) is 7.05 Å². The first-order valence-corrected chi connectivity index (χ1v) is 6.24. The second kappa shape index (κ2) is 5.57. The Kier molecular flexibility index (Phi) is 3.85. The van der Waals surface area contributed by atoms with Gasteiger partial charge in [-0.1, -0.05) is 42.0 Å². The Labute approximate surface area is 113 Å². The number of carbonyl (C=O) groups is 1. The van der Waals surface area contributed by atoms with Gasteiger partial charge in [0.05, 0.1) is 17.8 Å². The van der Waals surface area contributed by atoms with Crippen LogP contribution in [0.5, 0.6) is 0 Å². The molecule has 0 aliphatic carbocycles. The van der Waals surface area contributed by atoms with Crippen LogP contribution in [0.1, 0.15) is 11.1 Å². The van der Waals surface area contributed by atoms with Crippen LogP contribution in [0, 0.1) is 6.92 Å². The van der Waals surface area contributed by atoms with Gasteiger partial charge in [0.25, 0.3) is 0 Å². The molecule has 0 saturated heterocycles. The number of benzene rings is 2. The van der Waals surface area contributed by atoms with Gasteiger partial charge in [0.2, 0.25) is 5.91 Å². The zero-order valence-corrected chi connectivity index (χ0v) is 11.3. The predicted octanol–water partition coefficient (Wildman–Crippen LogP) is 2.78. The highest BCUT2D eigenvalue weighted by atomic mass is 16.2. The number of nitrogens with zero attached hydrogens (tertiary/aromatic N) is 1. The average Bonchev–Trinajstić information content (AvgIpc) is 2.38. The van der Waals surface area contributed by atoms with Crippen molar-refractivity contribution in [2.24, 2.45) is 0 Å². The van der Waals surface area contributed by atoms with Gasteiger partial charge >= 0.3 is 0 Å². The van der Waals surface area contributed by atoms with Crippen molar-refractivity contribution in [3.05, 3.63) is 59.7 Å². The zero-order chi connectivity index (χ0) is 13.8. The topological polar surface area (TPSA) is 46.3 Å². The van der Waals surface area contributed by atoms with Gasteiger partial charge in [-0.2, -0.15) is 0 Å². The van der Waals surface area contributed by atoms with E-state index in [1.54, 1.807) is 18.0 Å². The number of carbonyl (C=O) groups excluding carboxylic acids is 1. The van der Waals surface area contributed by atoms with Gasteiger partial charge in [-0.05, 0) is 24.6 Å². The van der Waals surface area contributed by atoms with E-state index in [1.165, 1.54) is 0 Å². The maximum absolute atomic E-state index is 12.2. The fraction of sp³-hybridized carbons (Fsp3) is 0.188. The van der Waals surface area contributed by atoms with Crippen LogP contribution >= 0.6 is 0 Å². The largest absolute Gasteiger partial charge is 0.397 e. The van der Waals surface area contributed by atoms with Gasteiger partial charge in [-0.25, -0.2) is 0 Å². The number of hydrogen-bond acceptors (Lipinski definition) is 2. The highest BCUT2D eigenvalue weighted by Crippen LogP contribution is 2.21. The summed E-state index contributed by atoms with van der Waals surface area (Å²) in [4.78, 5) is 13.9. The lowest BCUT2D eigenvalue weighted by molar-refractivity contribution is -0.117. The van der Waals surface area contributed by atoms with Gasteiger partial charge in [-0.3, -0.25) is 4.79 Å². The van der Waals surface area contributed by atoms with E-state index in [-0.39, 0.29) is 5.91 Å². The standard InChI is InChI=1S/C16H18N2O/c1-12-6-5-7-13(10-12)11-16(19)18(2)15-9-4-3-8-14(15)17/h3-10H,11,17H2,1-2H3. The van der Waals surface area contributed by atoms with Crippen molar-refractivity contribution in [1.82, 2.24) is 0 Å². The summed E-state index contributed by atoms with van der Waals surface area (Å²) in [6.45, 7) is 2.02. The zero-order valence-electron chi connectivity index (χ0n) is 11.3. The molecule has 0 spiro atoms. The third-order valence-electron chi connectivity index (χ3n) is 3.11. The van der Waals surface area contributed by atoms with Crippen molar-refractivity contribution in [3.8, 4) is 0 Å². The lowest BCUT2D eigenvalue weighted by Crippen LogP contribution is -2.28. The summed E-state index contributed by atoms with van der Waals surface area (Å²) in [5, 5.41) is 0. The Morgan fingerprint density at radius 3 is 2.58 bits per heavy atom. The molecule has 0 heterocycles. The molecule has 0 unspecified atom stereocenters. The summed E-state index contributed by atoms with van der Waals surface area (Å²) in [5.41, 5.74) is 9.43. The average molecular weight is 254 g/mol. The fourth-order valence-corrected chi connectivity index (χ4v) is 2.04. The molecule has 3 nitrogen and oxygen atoms in total. The third-order valence-corrected chi connectivity index (χ3v) is 3.11. The minimum Gasteiger partial charge on any atom is -0.397 e. The summed E-state index contributed by atoms with van der Waals surface area (Å²) in [5.74, 6) is 0.0310. The van der Waals surface area contributed by atoms with E-state index in [2.05, 4.69) is 0 Å². The maximum atomic E-state index is 12.2. The molecule has 2 N–H and O–H groups in total. The minimum absolute atomic E-state index is 0.0310. The molecule has 19 heavy (non-hydrogen) atoms. The molecule has 2 aromatic carbocycles. The molecule has 0 fully saturated rings. The molecule has 98 valence electrons. The molecule has 0 aromatic heterocycles. The second-order valence-corrected chi connectivity index (χ2v) is 4.68. The minimum atomic E-state index is 0.0310. The Morgan fingerprint density at radius 1 is 1.16 bits per heavy atom. The van der Waals surface area contributed by atoms with E-state index in [9.17, 15) is 4.79 Å². The summed E-state index contributed by atoms with van der Waals surface area (Å²) in [6, 6.07) is 15.4. The van der Waals surface area contributed by atoms with Crippen LogP contribution in [0.3, 0.4) is 0 Å². The van der Waals surface area contributed by atoms with Crippen molar-refractivity contribution in [2.75, 3.05) is 17.7 Å². The number of nitrogen functional groups attached to an aromatic ring is 1. The predicted molar refractivity (Wildman–Crippen MR) is 79.1 cm³/mol. The van der Waals surface area contributed by atoms with Gasteiger partial charge in [0.15, 0.2) is 0 Å². The van der Waals surface area contributed by atoms with E-state index in [0.29, 0.717) is 12.1 Å². The van der Waals surface area contributed by atoms with Crippen LogP contribution in [0.25, 0.3) is 0 Å². The highest BCUT2D eigenvalue weighted by molar-refractivity contribution is 5.96. The van der Waals surface area contributed by atoms with Crippen molar-refractivity contribution in [1.29, 1.82) is 0 Å². The van der Waals surface area contributed by atoms with E-state index >= 15 is 0 Å². The summed E-state index contributed by atoms with van der Waals surface area (Å²) in [7, 11) is 1.75. The third kappa shape index (κ3) is 3.13. The fourth-order valence-electron chi connectivity index (χ4n) is 2.04. The molecular weight excluding hydrogens is 236 g/mol. The first kappa shape index (κ1) is 13.1. The normalized spacial score (nSPS) is 10.2. The molecular formula is C16H18N2O. The van der Waals surface area contributed by atoms with Crippen LogP contribution in [0.15, 0.2) is 48.5 Å². The van der Waals surface area contributed by atoms with Gasteiger partial charge < -0.3 is 10.6 Å². The Bertz CT molecular complexity index is 593. The first-order chi connectivity index (χ1) is 9.08. The van der Waals surface area contributed by atoms with Crippen LogP contribution in [0.2, 0.25) is 0 Å². The van der Waals surface area contributed by atoms with E-state index in [0.717, 1.165) is 16.8 Å².